The maximum atomic E-state index is 13.2. The number of nitrogens with zero attached hydrogens (tertiary/aromatic N) is 3. The minimum Gasteiger partial charge on any atom is -0.368 e. The predicted molar refractivity (Wildman–Crippen MR) is 128 cm³/mol. The van der Waals surface area contributed by atoms with Crippen molar-refractivity contribution in [2.24, 2.45) is 4.40 Å². The second-order valence-corrected chi connectivity index (χ2v) is 9.60. The summed E-state index contributed by atoms with van der Waals surface area (Å²) in [6.07, 6.45) is -3.75. The Hall–Kier alpha value is -3.44. The van der Waals surface area contributed by atoms with E-state index in [1.807, 2.05) is 0 Å². The van der Waals surface area contributed by atoms with Crippen LogP contribution in [0.15, 0.2) is 70.0 Å². The zero-order valence-corrected chi connectivity index (χ0v) is 20.1. The molecule has 0 radical (unpaired) electrons. The third kappa shape index (κ3) is 6.80. The van der Waals surface area contributed by atoms with Crippen LogP contribution in [0, 0.1) is 0 Å². The van der Waals surface area contributed by atoms with Gasteiger partial charge in [0.2, 0.25) is 5.91 Å². The smallest absolute Gasteiger partial charge is 0.368 e. The monoisotopic (exact) mass is 524 g/mol. The Kier molecular flexibility index (Phi) is 7.81. The Morgan fingerprint density at radius 2 is 1.83 bits per heavy atom. The summed E-state index contributed by atoms with van der Waals surface area (Å²) >= 11 is 6.08. The molecular formula is C23H20ClF3N4O3S. The second-order valence-electron chi connectivity index (χ2n) is 7.59. The van der Waals surface area contributed by atoms with Gasteiger partial charge in [0.15, 0.2) is 0 Å². The Morgan fingerprint density at radius 1 is 1.11 bits per heavy atom. The zero-order valence-electron chi connectivity index (χ0n) is 18.5. The van der Waals surface area contributed by atoms with Crippen LogP contribution in [0.5, 0.6) is 0 Å². The number of benzene rings is 2. The number of aromatic nitrogens is 1. The van der Waals surface area contributed by atoms with E-state index >= 15 is 0 Å². The summed E-state index contributed by atoms with van der Waals surface area (Å²) in [6.45, 7) is 0. The SMILES string of the molecule is CN(C)C=NS(=O)(=O)c1cc(NC(=O)Cc2ccccc2Cl)ccc1-c1cccc(C(F)(F)F)n1. The van der Waals surface area contributed by atoms with Gasteiger partial charge >= 0.3 is 6.18 Å². The fourth-order valence-electron chi connectivity index (χ4n) is 3.00. The van der Waals surface area contributed by atoms with Crippen LogP contribution in [0.1, 0.15) is 11.3 Å². The Bertz CT molecular complexity index is 1380. The van der Waals surface area contributed by atoms with Crippen LogP contribution >= 0.6 is 11.6 Å². The van der Waals surface area contributed by atoms with Crippen molar-refractivity contribution < 1.29 is 26.4 Å². The molecule has 0 saturated heterocycles. The highest BCUT2D eigenvalue weighted by Gasteiger charge is 2.33. The minimum absolute atomic E-state index is 0.0720. The van der Waals surface area contributed by atoms with Gasteiger partial charge in [0.1, 0.15) is 16.9 Å². The van der Waals surface area contributed by atoms with Crippen LogP contribution < -0.4 is 5.32 Å². The molecule has 2 aromatic carbocycles. The van der Waals surface area contributed by atoms with E-state index in [4.69, 9.17) is 11.6 Å². The first-order valence-electron chi connectivity index (χ1n) is 10.1. The van der Waals surface area contributed by atoms with Gasteiger partial charge in [-0.05, 0) is 42.0 Å². The van der Waals surface area contributed by atoms with Gasteiger partial charge in [-0.25, -0.2) is 4.98 Å². The number of pyridine rings is 1. The minimum atomic E-state index is -4.72. The first kappa shape index (κ1) is 26.2. The van der Waals surface area contributed by atoms with Crippen LogP contribution in [-0.2, 0) is 27.4 Å². The molecule has 0 saturated carbocycles. The lowest BCUT2D eigenvalue weighted by molar-refractivity contribution is -0.141. The molecule has 12 heteroatoms. The van der Waals surface area contributed by atoms with Crippen molar-refractivity contribution >= 4 is 39.6 Å². The largest absolute Gasteiger partial charge is 0.433 e. The van der Waals surface area contributed by atoms with E-state index in [9.17, 15) is 26.4 Å². The van der Waals surface area contributed by atoms with Gasteiger partial charge in [-0.15, -0.1) is 4.40 Å². The summed E-state index contributed by atoms with van der Waals surface area (Å²) in [6, 6.07) is 13.7. The number of sulfonamides is 1. The molecule has 0 fully saturated rings. The third-order valence-electron chi connectivity index (χ3n) is 4.58. The fraction of sp³-hybridized carbons (Fsp3) is 0.174. The number of hydrogen-bond donors (Lipinski definition) is 1. The summed E-state index contributed by atoms with van der Waals surface area (Å²) in [4.78, 5) is 17.1. The first-order valence-corrected chi connectivity index (χ1v) is 11.9. The first-order chi connectivity index (χ1) is 16.4. The van der Waals surface area contributed by atoms with Crippen molar-refractivity contribution in [1.82, 2.24) is 9.88 Å². The van der Waals surface area contributed by atoms with Crippen LogP contribution in [0.4, 0.5) is 18.9 Å². The maximum absolute atomic E-state index is 13.2. The Labute approximate surface area is 205 Å². The molecule has 7 nitrogen and oxygen atoms in total. The van der Waals surface area contributed by atoms with Crippen molar-refractivity contribution in [3.05, 3.63) is 76.9 Å². The van der Waals surface area contributed by atoms with Crippen LogP contribution in [0.3, 0.4) is 0 Å². The van der Waals surface area contributed by atoms with Crippen LogP contribution in [0.25, 0.3) is 11.3 Å². The Morgan fingerprint density at radius 3 is 2.49 bits per heavy atom. The van der Waals surface area contributed by atoms with E-state index < -0.39 is 32.7 Å². The summed E-state index contributed by atoms with van der Waals surface area (Å²) in [7, 11) is -1.26. The molecule has 3 aromatic rings. The molecule has 0 bridgehead atoms. The average molecular weight is 525 g/mol. The fourth-order valence-corrected chi connectivity index (χ4v) is 4.36. The van der Waals surface area contributed by atoms with E-state index in [2.05, 4.69) is 14.7 Å². The van der Waals surface area contributed by atoms with Crippen molar-refractivity contribution in [2.45, 2.75) is 17.5 Å². The highest BCUT2D eigenvalue weighted by Crippen LogP contribution is 2.33. The Balaban J connectivity index is 2.04. The quantitative estimate of drug-likeness (QED) is 0.351. The van der Waals surface area contributed by atoms with Gasteiger partial charge in [0.25, 0.3) is 10.0 Å². The van der Waals surface area contributed by atoms with Crippen LogP contribution in [-0.4, -0.2) is 44.6 Å². The summed E-state index contributed by atoms with van der Waals surface area (Å²) in [5.41, 5.74) is -0.813. The molecule has 3 rings (SSSR count). The van der Waals surface area contributed by atoms with E-state index in [1.54, 1.807) is 38.4 Å². The van der Waals surface area contributed by atoms with Gasteiger partial charge in [0, 0.05) is 30.4 Å². The number of carbonyl (C=O) groups excluding carboxylic acids is 1. The molecule has 0 aliphatic heterocycles. The predicted octanol–water partition coefficient (Wildman–Crippen LogP) is 4.88. The molecule has 1 heterocycles. The number of alkyl halides is 3. The van der Waals surface area contributed by atoms with E-state index in [1.165, 1.54) is 23.1 Å². The van der Waals surface area contributed by atoms with Gasteiger partial charge in [-0.3, -0.25) is 4.79 Å². The normalized spacial score (nSPS) is 12.1. The zero-order chi connectivity index (χ0) is 25.8. The molecule has 0 aliphatic carbocycles. The van der Waals surface area contributed by atoms with Gasteiger partial charge < -0.3 is 10.2 Å². The molecular weight excluding hydrogens is 505 g/mol. The van der Waals surface area contributed by atoms with Crippen molar-refractivity contribution in [2.75, 3.05) is 19.4 Å². The molecule has 1 amide bonds. The van der Waals surface area contributed by atoms with Crippen molar-refractivity contribution in [3.8, 4) is 11.3 Å². The average Bonchev–Trinajstić information content (AvgIpc) is 2.79. The number of amides is 1. The molecule has 184 valence electrons. The lowest BCUT2D eigenvalue weighted by atomic mass is 10.1. The summed E-state index contributed by atoms with van der Waals surface area (Å²) < 4.78 is 69.1. The summed E-state index contributed by atoms with van der Waals surface area (Å²) in [5.74, 6) is -0.469. The summed E-state index contributed by atoms with van der Waals surface area (Å²) in [5, 5.41) is 2.98. The maximum Gasteiger partial charge on any atom is 0.433 e. The molecule has 35 heavy (non-hydrogen) atoms. The van der Waals surface area contributed by atoms with Crippen molar-refractivity contribution in [1.29, 1.82) is 0 Å². The molecule has 1 N–H and O–H groups in total. The van der Waals surface area contributed by atoms with E-state index in [0.29, 0.717) is 10.6 Å². The number of carbonyl (C=O) groups is 1. The highest BCUT2D eigenvalue weighted by molar-refractivity contribution is 7.90. The standard InChI is InChI=1S/C23H20ClF3N4O3S/c1-31(2)14-28-35(33,34)20-13-16(29-22(32)12-15-6-3-4-7-18(15)24)10-11-17(20)19-8-5-9-21(30-19)23(25,26)27/h3-11,13-14H,12H2,1-2H3,(H,29,32). The molecule has 0 spiro atoms. The van der Waals surface area contributed by atoms with Gasteiger partial charge in [0.05, 0.1) is 12.1 Å². The second kappa shape index (κ2) is 10.4. The van der Waals surface area contributed by atoms with Gasteiger partial charge in [-0.2, -0.15) is 21.6 Å². The number of rotatable bonds is 7. The van der Waals surface area contributed by atoms with E-state index in [0.717, 1.165) is 24.5 Å². The molecule has 0 unspecified atom stereocenters. The molecule has 0 atom stereocenters. The number of hydrogen-bond acceptors (Lipinski definition) is 4. The van der Waals surface area contributed by atoms with Gasteiger partial charge in [-0.1, -0.05) is 35.9 Å². The van der Waals surface area contributed by atoms with Crippen LogP contribution in [0.2, 0.25) is 5.02 Å². The number of halogens is 4. The number of nitrogens with one attached hydrogen (secondary N) is 1. The molecule has 0 aliphatic rings. The lowest BCUT2D eigenvalue weighted by Gasteiger charge is -2.13. The third-order valence-corrected chi connectivity index (χ3v) is 6.22. The highest BCUT2D eigenvalue weighted by atomic mass is 35.5. The number of anilines is 1. The van der Waals surface area contributed by atoms with E-state index in [-0.39, 0.29) is 23.4 Å². The van der Waals surface area contributed by atoms with Crippen molar-refractivity contribution in [3.63, 3.8) is 0 Å². The topological polar surface area (TPSA) is 91.7 Å². The lowest BCUT2D eigenvalue weighted by Crippen LogP contribution is -2.15. The molecule has 1 aromatic heterocycles.